The quantitative estimate of drug-likeness (QED) is 0.758. The summed E-state index contributed by atoms with van der Waals surface area (Å²) >= 11 is 0. The molecule has 5 nitrogen and oxygen atoms in total. The Morgan fingerprint density at radius 2 is 1.81 bits per heavy atom. The molecule has 0 spiro atoms. The van der Waals surface area contributed by atoms with E-state index in [1.807, 2.05) is 63.2 Å². The number of amides is 2. The summed E-state index contributed by atoms with van der Waals surface area (Å²) in [6.45, 7) is 6.48. The van der Waals surface area contributed by atoms with Gasteiger partial charge in [-0.25, -0.2) is 0 Å². The third-order valence-electron chi connectivity index (χ3n) is 4.25. The van der Waals surface area contributed by atoms with Gasteiger partial charge in [0.05, 0.1) is 13.2 Å². The van der Waals surface area contributed by atoms with Crippen molar-refractivity contribution < 1.29 is 14.3 Å². The lowest BCUT2D eigenvalue weighted by Crippen LogP contribution is -2.34. The summed E-state index contributed by atoms with van der Waals surface area (Å²) in [7, 11) is 1.60. The highest BCUT2D eigenvalue weighted by Gasteiger charge is 2.12. The number of rotatable bonds is 7. The molecule has 2 aromatic rings. The van der Waals surface area contributed by atoms with Crippen LogP contribution in [0, 0.1) is 13.8 Å². The van der Waals surface area contributed by atoms with E-state index in [0.29, 0.717) is 6.61 Å². The summed E-state index contributed by atoms with van der Waals surface area (Å²) in [4.78, 5) is 25.8. The summed E-state index contributed by atoms with van der Waals surface area (Å²) in [5.41, 5.74) is 3.79. The van der Waals surface area contributed by atoms with E-state index in [1.54, 1.807) is 13.1 Å². The zero-order valence-corrected chi connectivity index (χ0v) is 16.3. The number of carbonyl (C=O) groups excluding carboxylic acids is 2. The molecule has 2 aromatic carbocycles. The first kappa shape index (κ1) is 20.2. The van der Waals surface area contributed by atoms with Crippen LogP contribution < -0.4 is 10.1 Å². The molecule has 0 unspecified atom stereocenters. The Kier molecular flexibility index (Phi) is 7.17. The number of nitrogens with one attached hydrogen (secondary N) is 1. The Hall–Kier alpha value is -3.08. The maximum atomic E-state index is 12.2. The van der Waals surface area contributed by atoms with Gasteiger partial charge in [-0.3, -0.25) is 9.59 Å². The maximum absolute atomic E-state index is 12.2. The Morgan fingerprint density at radius 3 is 2.48 bits per heavy atom. The van der Waals surface area contributed by atoms with Gasteiger partial charge in [-0.1, -0.05) is 24.3 Å². The summed E-state index contributed by atoms with van der Waals surface area (Å²) in [5, 5.41) is 2.86. The fraction of sp³-hybridized carbons (Fsp3) is 0.273. The van der Waals surface area contributed by atoms with E-state index >= 15 is 0 Å². The van der Waals surface area contributed by atoms with Crippen LogP contribution >= 0.6 is 0 Å². The van der Waals surface area contributed by atoms with Crippen LogP contribution in [0.15, 0.2) is 48.5 Å². The predicted molar refractivity (Wildman–Crippen MR) is 109 cm³/mol. The van der Waals surface area contributed by atoms with E-state index in [9.17, 15) is 9.59 Å². The van der Waals surface area contributed by atoms with Gasteiger partial charge in [-0.2, -0.15) is 0 Å². The SMILES string of the molecule is CCOc1ccc(/C=C/C(=O)N(C)CC(=O)Nc2cccc(C)c2C)cc1. The van der Waals surface area contributed by atoms with Gasteiger partial charge in [-0.05, 0) is 61.7 Å². The van der Waals surface area contributed by atoms with E-state index in [0.717, 1.165) is 28.1 Å². The van der Waals surface area contributed by atoms with Crippen LogP contribution in [-0.2, 0) is 9.59 Å². The van der Waals surface area contributed by atoms with Gasteiger partial charge in [0.1, 0.15) is 5.75 Å². The normalized spacial score (nSPS) is 10.7. The second-order valence-electron chi connectivity index (χ2n) is 6.33. The number of nitrogens with zero attached hydrogens (tertiary/aromatic N) is 1. The van der Waals surface area contributed by atoms with Crippen LogP contribution in [-0.4, -0.2) is 36.9 Å². The molecule has 142 valence electrons. The molecule has 0 fully saturated rings. The molecule has 0 heterocycles. The van der Waals surface area contributed by atoms with Crippen molar-refractivity contribution in [3.05, 3.63) is 65.2 Å². The van der Waals surface area contributed by atoms with Gasteiger partial charge >= 0.3 is 0 Å². The molecule has 0 bridgehead atoms. The molecule has 0 atom stereocenters. The van der Waals surface area contributed by atoms with Crippen LogP contribution in [0.4, 0.5) is 5.69 Å². The van der Waals surface area contributed by atoms with E-state index in [-0.39, 0.29) is 18.4 Å². The number of ether oxygens (including phenoxy) is 1. The van der Waals surface area contributed by atoms with Gasteiger partial charge < -0.3 is 15.0 Å². The van der Waals surface area contributed by atoms with Gasteiger partial charge in [-0.15, -0.1) is 0 Å². The molecule has 0 aliphatic rings. The Morgan fingerprint density at radius 1 is 1.11 bits per heavy atom. The molecule has 0 aliphatic heterocycles. The van der Waals surface area contributed by atoms with Crippen LogP contribution in [0.25, 0.3) is 6.08 Å². The average Bonchev–Trinajstić information content (AvgIpc) is 2.64. The van der Waals surface area contributed by atoms with E-state index in [1.165, 1.54) is 11.0 Å². The van der Waals surface area contributed by atoms with Gasteiger partial charge in [0, 0.05) is 18.8 Å². The third kappa shape index (κ3) is 5.99. The van der Waals surface area contributed by atoms with Crippen molar-refractivity contribution >= 4 is 23.6 Å². The van der Waals surface area contributed by atoms with Crippen molar-refractivity contribution in [1.82, 2.24) is 4.90 Å². The number of hydrogen-bond acceptors (Lipinski definition) is 3. The molecule has 27 heavy (non-hydrogen) atoms. The second-order valence-corrected chi connectivity index (χ2v) is 6.33. The fourth-order valence-corrected chi connectivity index (χ4v) is 2.51. The van der Waals surface area contributed by atoms with Crippen molar-refractivity contribution in [2.24, 2.45) is 0 Å². The third-order valence-corrected chi connectivity index (χ3v) is 4.25. The van der Waals surface area contributed by atoms with Crippen molar-refractivity contribution in [3.63, 3.8) is 0 Å². The summed E-state index contributed by atoms with van der Waals surface area (Å²) < 4.78 is 5.39. The summed E-state index contributed by atoms with van der Waals surface area (Å²) in [5.74, 6) is 0.329. The molecule has 0 aliphatic carbocycles. The highest BCUT2D eigenvalue weighted by molar-refractivity contribution is 5.98. The van der Waals surface area contributed by atoms with Crippen molar-refractivity contribution in [1.29, 1.82) is 0 Å². The Bertz CT molecular complexity index is 826. The van der Waals surface area contributed by atoms with Crippen molar-refractivity contribution in [2.75, 3.05) is 25.5 Å². The number of likely N-dealkylation sites (N-methyl/N-ethyl adjacent to an activating group) is 1. The summed E-state index contributed by atoms with van der Waals surface area (Å²) in [6, 6.07) is 13.2. The lowest BCUT2D eigenvalue weighted by Gasteiger charge is -2.16. The topological polar surface area (TPSA) is 58.6 Å². The minimum absolute atomic E-state index is 0.0141. The summed E-state index contributed by atoms with van der Waals surface area (Å²) in [6.07, 6.45) is 3.18. The molecular weight excluding hydrogens is 340 g/mol. The van der Waals surface area contributed by atoms with E-state index < -0.39 is 0 Å². The highest BCUT2D eigenvalue weighted by Crippen LogP contribution is 2.18. The zero-order chi connectivity index (χ0) is 19.8. The maximum Gasteiger partial charge on any atom is 0.246 e. The molecule has 2 amide bonds. The monoisotopic (exact) mass is 366 g/mol. The van der Waals surface area contributed by atoms with Crippen LogP contribution in [0.1, 0.15) is 23.6 Å². The largest absolute Gasteiger partial charge is 0.494 e. The highest BCUT2D eigenvalue weighted by atomic mass is 16.5. The molecular formula is C22H26N2O3. The van der Waals surface area contributed by atoms with Gasteiger partial charge in [0.15, 0.2) is 0 Å². The lowest BCUT2D eigenvalue weighted by atomic mass is 10.1. The van der Waals surface area contributed by atoms with Gasteiger partial charge in [0.25, 0.3) is 0 Å². The second kappa shape index (κ2) is 9.57. The average molecular weight is 366 g/mol. The van der Waals surface area contributed by atoms with Crippen LogP contribution in [0.5, 0.6) is 5.75 Å². The van der Waals surface area contributed by atoms with Crippen LogP contribution in [0.2, 0.25) is 0 Å². The number of carbonyl (C=O) groups is 2. The number of aryl methyl sites for hydroxylation is 1. The molecule has 0 saturated carbocycles. The zero-order valence-electron chi connectivity index (χ0n) is 16.3. The number of anilines is 1. The molecule has 5 heteroatoms. The van der Waals surface area contributed by atoms with Crippen molar-refractivity contribution in [3.8, 4) is 5.75 Å². The standard InChI is InChI=1S/C22H26N2O3/c1-5-27-19-12-9-18(10-13-19)11-14-22(26)24(4)15-21(25)23-20-8-6-7-16(2)17(20)3/h6-14H,5,15H2,1-4H3,(H,23,25)/b14-11+. The Labute approximate surface area is 160 Å². The van der Waals surface area contributed by atoms with Gasteiger partial charge in [0.2, 0.25) is 11.8 Å². The number of hydrogen-bond donors (Lipinski definition) is 1. The van der Waals surface area contributed by atoms with E-state index in [4.69, 9.17) is 4.74 Å². The molecule has 0 aromatic heterocycles. The van der Waals surface area contributed by atoms with E-state index in [2.05, 4.69) is 5.32 Å². The smallest absolute Gasteiger partial charge is 0.246 e. The molecule has 0 radical (unpaired) electrons. The minimum atomic E-state index is -0.236. The fourth-order valence-electron chi connectivity index (χ4n) is 2.51. The molecule has 0 saturated heterocycles. The first-order chi connectivity index (χ1) is 12.9. The lowest BCUT2D eigenvalue weighted by molar-refractivity contribution is -0.129. The minimum Gasteiger partial charge on any atom is -0.494 e. The predicted octanol–water partition coefficient (Wildman–Crippen LogP) is 3.81. The molecule has 2 rings (SSSR count). The first-order valence-electron chi connectivity index (χ1n) is 8.92. The van der Waals surface area contributed by atoms with Crippen LogP contribution in [0.3, 0.4) is 0 Å². The molecule has 1 N–H and O–H groups in total. The first-order valence-corrected chi connectivity index (χ1v) is 8.92. The van der Waals surface area contributed by atoms with Crippen molar-refractivity contribution in [2.45, 2.75) is 20.8 Å². The Balaban J connectivity index is 1.90. The number of benzene rings is 2.